The fourth-order valence-electron chi connectivity index (χ4n) is 3.06. The van der Waals surface area contributed by atoms with Crippen LogP contribution in [0.2, 0.25) is 0 Å². The maximum atomic E-state index is 5.75. The Labute approximate surface area is 138 Å². The average molecular weight is 308 g/mol. The van der Waals surface area contributed by atoms with Gasteiger partial charge in [-0.15, -0.1) is 0 Å². The second-order valence-corrected chi connectivity index (χ2v) is 6.44. The number of rotatable bonds is 5. The van der Waals surface area contributed by atoms with Crippen LogP contribution < -0.4 is 5.32 Å². The molecule has 0 aromatic heterocycles. The summed E-state index contributed by atoms with van der Waals surface area (Å²) in [7, 11) is 0. The van der Waals surface area contributed by atoms with Crippen molar-refractivity contribution in [3.05, 3.63) is 71.8 Å². The number of amidine groups is 1. The predicted molar refractivity (Wildman–Crippen MR) is 94.6 cm³/mol. The van der Waals surface area contributed by atoms with E-state index in [4.69, 9.17) is 9.73 Å². The van der Waals surface area contributed by atoms with Crippen LogP contribution in [-0.4, -0.2) is 18.5 Å². The molecule has 0 amide bonds. The van der Waals surface area contributed by atoms with Crippen LogP contribution in [0.5, 0.6) is 0 Å². The van der Waals surface area contributed by atoms with Crippen LogP contribution in [0.3, 0.4) is 0 Å². The topological polar surface area (TPSA) is 33.6 Å². The molecule has 2 atom stereocenters. The molecule has 3 nitrogen and oxygen atoms in total. The highest BCUT2D eigenvalue weighted by Gasteiger charge is 2.42. The van der Waals surface area contributed by atoms with Crippen LogP contribution in [0.1, 0.15) is 37.9 Å². The Balaban J connectivity index is 1.95. The summed E-state index contributed by atoms with van der Waals surface area (Å²) in [5.74, 6) is 0.916. The number of benzene rings is 2. The second-order valence-electron chi connectivity index (χ2n) is 6.44. The summed E-state index contributed by atoms with van der Waals surface area (Å²) < 4.78 is 5.75. The fourth-order valence-corrected chi connectivity index (χ4v) is 3.06. The van der Waals surface area contributed by atoms with Crippen LogP contribution in [0.4, 0.5) is 0 Å². The van der Waals surface area contributed by atoms with Gasteiger partial charge in [-0.1, -0.05) is 60.7 Å². The standard InChI is InChI=1S/C20H24N2O/c1-15(2)23-14-18-21-19(16-10-6-4-7-11-16)20(3,22-18)17-12-8-5-9-13-17/h4-13,15,19H,14H2,1-3H3,(H,21,22)/t19-,20+/m1/s1. The number of nitrogens with one attached hydrogen (secondary N) is 1. The lowest BCUT2D eigenvalue weighted by molar-refractivity contribution is 0.109. The van der Waals surface area contributed by atoms with Gasteiger partial charge in [0.1, 0.15) is 18.5 Å². The van der Waals surface area contributed by atoms with E-state index in [0.717, 1.165) is 5.84 Å². The summed E-state index contributed by atoms with van der Waals surface area (Å²) >= 11 is 0. The first-order valence-electron chi connectivity index (χ1n) is 8.16. The minimum atomic E-state index is -0.266. The first-order chi connectivity index (χ1) is 11.1. The summed E-state index contributed by atoms with van der Waals surface area (Å²) in [5, 5.41) is 3.61. The van der Waals surface area contributed by atoms with E-state index >= 15 is 0 Å². The lowest BCUT2D eigenvalue weighted by atomic mass is 9.82. The van der Waals surface area contributed by atoms with Gasteiger partial charge in [0.15, 0.2) is 0 Å². The van der Waals surface area contributed by atoms with Crippen molar-refractivity contribution in [2.24, 2.45) is 4.99 Å². The Kier molecular flexibility index (Phi) is 4.49. The smallest absolute Gasteiger partial charge is 0.124 e. The van der Waals surface area contributed by atoms with Gasteiger partial charge in [-0.25, -0.2) is 0 Å². The highest BCUT2D eigenvalue weighted by molar-refractivity contribution is 5.87. The van der Waals surface area contributed by atoms with Gasteiger partial charge >= 0.3 is 0 Å². The summed E-state index contributed by atoms with van der Waals surface area (Å²) in [5.41, 5.74) is 2.18. The number of hydrogen-bond acceptors (Lipinski definition) is 3. The zero-order valence-corrected chi connectivity index (χ0v) is 14.0. The molecule has 0 saturated carbocycles. The largest absolute Gasteiger partial charge is 0.371 e. The highest BCUT2D eigenvalue weighted by Crippen LogP contribution is 2.41. The zero-order valence-electron chi connectivity index (χ0n) is 14.0. The van der Waals surface area contributed by atoms with Crippen molar-refractivity contribution >= 4 is 5.84 Å². The van der Waals surface area contributed by atoms with E-state index in [1.54, 1.807) is 0 Å². The Bertz CT molecular complexity index is 667. The monoisotopic (exact) mass is 308 g/mol. The Hall–Kier alpha value is -2.13. The molecule has 1 N–H and O–H groups in total. The van der Waals surface area contributed by atoms with Gasteiger partial charge in [0, 0.05) is 0 Å². The Morgan fingerprint density at radius 1 is 1.04 bits per heavy atom. The van der Waals surface area contributed by atoms with E-state index < -0.39 is 0 Å². The van der Waals surface area contributed by atoms with Gasteiger partial charge in [0.05, 0.1) is 11.6 Å². The van der Waals surface area contributed by atoms with Crippen molar-refractivity contribution < 1.29 is 4.74 Å². The first-order valence-corrected chi connectivity index (χ1v) is 8.16. The van der Waals surface area contributed by atoms with Crippen LogP contribution in [0.15, 0.2) is 65.7 Å². The van der Waals surface area contributed by atoms with E-state index in [0.29, 0.717) is 6.61 Å². The van der Waals surface area contributed by atoms with Crippen LogP contribution in [0.25, 0.3) is 0 Å². The van der Waals surface area contributed by atoms with E-state index in [-0.39, 0.29) is 17.7 Å². The van der Waals surface area contributed by atoms with Gasteiger partial charge in [0.2, 0.25) is 0 Å². The molecular weight excluding hydrogens is 284 g/mol. The van der Waals surface area contributed by atoms with E-state index in [2.05, 4.69) is 60.8 Å². The van der Waals surface area contributed by atoms with Crippen molar-refractivity contribution in [2.75, 3.05) is 6.61 Å². The lowest BCUT2D eigenvalue weighted by Crippen LogP contribution is -2.42. The normalized spacial score (nSPS) is 23.7. The number of aliphatic imine (C=N–C) groups is 1. The molecule has 0 unspecified atom stereocenters. The minimum absolute atomic E-state index is 0.0388. The predicted octanol–water partition coefficient (Wildman–Crippen LogP) is 4.07. The SMILES string of the molecule is CC(C)OCC1=N[C@H](c2ccccc2)[C@](C)(c2ccccc2)N1. The molecule has 0 fully saturated rings. The maximum Gasteiger partial charge on any atom is 0.124 e. The molecule has 0 aliphatic carbocycles. The molecule has 2 aromatic carbocycles. The van der Waals surface area contributed by atoms with Crippen molar-refractivity contribution in [1.29, 1.82) is 0 Å². The fraction of sp³-hybridized carbons (Fsp3) is 0.350. The molecule has 1 aliphatic heterocycles. The molecule has 1 aliphatic rings. The molecule has 0 saturated heterocycles. The first kappa shape index (κ1) is 15.8. The highest BCUT2D eigenvalue weighted by atomic mass is 16.5. The second kappa shape index (κ2) is 6.55. The average Bonchev–Trinajstić information content (AvgIpc) is 2.93. The van der Waals surface area contributed by atoms with Crippen molar-refractivity contribution in [3.63, 3.8) is 0 Å². The summed E-state index contributed by atoms with van der Waals surface area (Å²) in [4.78, 5) is 4.94. The summed E-state index contributed by atoms with van der Waals surface area (Å²) in [6.45, 7) is 6.82. The summed E-state index contributed by atoms with van der Waals surface area (Å²) in [6, 6.07) is 21.0. The van der Waals surface area contributed by atoms with Crippen LogP contribution >= 0.6 is 0 Å². The van der Waals surface area contributed by atoms with Crippen LogP contribution in [0, 0.1) is 0 Å². The van der Waals surface area contributed by atoms with E-state index in [1.165, 1.54) is 11.1 Å². The number of nitrogens with zero attached hydrogens (tertiary/aromatic N) is 1. The van der Waals surface area contributed by atoms with Gasteiger partial charge in [-0.3, -0.25) is 4.99 Å². The number of ether oxygens (including phenoxy) is 1. The molecule has 0 radical (unpaired) electrons. The Morgan fingerprint density at radius 3 is 2.26 bits per heavy atom. The lowest BCUT2D eigenvalue weighted by Gasteiger charge is -2.32. The van der Waals surface area contributed by atoms with Gasteiger partial charge < -0.3 is 10.1 Å². The Morgan fingerprint density at radius 2 is 1.65 bits per heavy atom. The van der Waals surface area contributed by atoms with E-state index in [9.17, 15) is 0 Å². The zero-order chi connectivity index (χ0) is 16.3. The molecule has 120 valence electrons. The molecule has 0 bridgehead atoms. The van der Waals surface area contributed by atoms with Gasteiger partial charge in [-0.05, 0) is 31.9 Å². The molecule has 3 rings (SSSR count). The van der Waals surface area contributed by atoms with Crippen molar-refractivity contribution in [3.8, 4) is 0 Å². The third kappa shape index (κ3) is 3.30. The van der Waals surface area contributed by atoms with Gasteiger partial charge in [-0.2, -0.15) is 0 Å². The molecular formula is C20H24N2O. The third-order valence-electron chi connectivity index (χ3n) is 4.28. The number of hydrogen-bond donors (Lipinski definition) is 1. The summed E-state index contributed by atoms with van der Waals surface area (Å²) in [6.07, 6.45) is 0.193. The maximum absolute atomic E-state index is 5.75. The molecule has 3 heteroatoms. The molecule has 1 heterocycles. The van der Waals surface area contributed by atoms with Crippen molar-refractivity contribution in [2.45, 2.75) is 38.5 Å². The van der Waals surface area contributed by atoms with Gasteiger partial charge in [0.25, 0.3) is 0 Å². The van der Waals surface area contributed by atoms with E-state index in [1.807, 2.05) is 26.0 Å². The third-order valence-corrected chi connectivity index (χ3v) is 4.28. The van der Waals surface area contributed by atoms with Crippen molar-refractivity contribution in [1.82, 2.24) is 5.32 Å². The van der Waals surface area contributed by atoms with Crippen LogP contribution in [-0.2, 0) is 10.3 Å². The quantitative estimate of drug-likeness (QED) is 0.903. The molecule has 0 spiro atoms. The molecule has 23 heavy (non-hydrogen) atoms. The minimum Gasteiger partial charge on any atom is -0.371 e. The molecule has 2 aromatic rings.